The molecule has 0 spiro atoms. The number of benzene rings is 1. The van der Waals surface area contributed by atoms with Crippen LogP contribution in [0.25, 0.3) is 0 Å². The minimum absolute atomic E-state index is 0.0768. The van der Waals surface area contributed by atoms with Crippen LogP contribution in [0.15, 0.2) is 24.3 Å². The van der Waals surface area contributed by atoms with Gasteiger partial charge in [0, 0.05) is 36.7 Å². The zero-order chi connectivity index (χ0) is 28.8. The fraction of sp³-hybridized carbons (Fsp3) is 0.409. The summed E-state index contributed by atoms with van der Waals surface area (Å²) < 4.78 is 48.2. The van der Waals surface area contributed by atoms with E-state index in [-0.39, 0.29) is 33.7 Å². The zero-order valence-corrected chi connectivity index (χ0v) is 24.2. The molecule has 2 aromatic rings. The fourth-order valence-electron chi connectivity index (χ4n) is 4.05. The number of hydrogen-bond donors (Lipinski definition) is 4. The third kappa shape index (κ3) is 5.22. The first-order valence-corrected chi connectivity index (χ1v) is 15.6. The first kappa shape index (κ1) is 29.7. The van der Waals surface area contributed by atoms with Crippen LogP contribution in [0.2, 0.25) is 10.0 Å². The quantitative estimate of drug-likeness (QED) is 0.404. The second kappa shape index (κ2) is 10.1. The number of urea groups is 1. The van der Waals surface area contributed by atoms with Gasteiger partial charge in [-0.25, -0.2) is 21.6 Å². The van der Waals surface area contributed by atoms with Crippen LogP contribution in [-0.4, -0.2) is 74.4 Å². The van der Waals surface area contributed by atoms with E-state index in [1.165, 1.54) is 18.2 Å². The summed E-state index contributed by atoms with van der Waals surface area (Å²) in [6.07, 6.45) is 1.14. The largest absolute Gasteiger partial charge is 0.350 e. The van der Waals surface area contributed by atoms with Gasteiger partial charge in [0.1, 0.15) is 5.82 Å². The van der Waals surface area contributed by atoms with Gasteiger partial charge in [0.2, 0.25) is 0 Å². The summed E-state index contributed by atoms with van der Waals surface area (Å²) in [7, 11) is -9.47. The molecule has 1 fully saturated rings. The molecule has 1 saturated heterocycles. The smallest absolute Gasteiger partial charge is 0.324 e. The van der Waals surface area contributed by atoms with Crippen molar-refractivity contribution >= 4 is 72.2 Å². The summed E-state index contributed by atoms with van der Waals surface area (Å²) >= 11 is 12.1. The molecule has 2 heterocycles. The molecule has 38 heavy (non-hydrogen) atoms. The van der Waals surface area contributed by atoms with Gasteiger partial charge in [-0.2, -0.15) is 0 Å². The van der Waals surface area contributed by atoms with Crippen LogP contribution in [-0.2, 0) is 29.9 Å². The molecule has 1 aliphatic rings. The minimum atomic E-state index is -4.74. The van der Waals surface area contributed by atoms with Gasteiger partial charge in [-0.1, -0.05) is 50.0 Å². The molecule has 0 bridgehead atoms. The Bertz CT molecular complexity index is 1500. The number of amides is 4. The molecule has 12 nitrogen and oxygen atoms in total. The average molecular weight is 609 g/mol. The maximum absolute atomic E-state index is 13.8. The number of aromatic amines is 1. The van der Waals surface area contributed by atoms with Crippen LogP contribution in [0.5, 0.6) is 0 Å². The van der Waals surface area contributed by atoms with Crippen LogP contribution < -0.4 is 16.0 Å². The lowest BCUT2D eigenvalue weighted by Gasteiger charge is -2.42. The van der Waals surface area contributed by atoms with Crippen LogP contribution in [0.4, 0.5) is 16.3 Å². The van der Waals surface area contributed by atoms with Crippen molar-refractivity contribution in [2.75, 3.05) is 36.2 Å². The monoisotopic (exact) mass is 607 g/mol. The van der Waals surface area contributed by atoms with Gasteiger partial charge in [-0.3, -0.25) is 19.8 Å². The molecule has 0 saturated carbocycles. The Morgan fingerprint density at radius 1 is 1.05 bits per heavy atom. The van der Waals surface area contributed by atoms with E-state index in [4.69, 9.17) is 23.2 Å². The van der Waals surface area contributed by atoms with Gasteiger partial charge >= 0.3 is 10.2 Å². The van der Waals surface area contributed by atoms with E-state index in [1.54, 1.807) is 6.07 Å². The Hall–Kier alpha value is -2.81. The minimum Gasteiger partial charge on any atom is -0.350 e. The molecule has 1 aliphatic heterocycles. The van der Waals surface area contributed by atoms with Crippen LogP contribution >= 0.6 is 23.2 Å². The van der Waals surface area contributed by atoms with Crippen molar-refractivity contribution in [3.8, 4) is 0 Å². The first-order valence-electron chi connectivity index (χ1n) is 11.1. The highest BCUT2D eigenvalue weighted by Gasteiger charge is 2.65. The van der Waals surface area contributed by atoms with Gasteiger partial charge in [0.05, 0.1) is 21.3 Å². The molecule has 16 heteroatoms. The number of H-pyrrole nitrogens is 1. The van der Waals surface area contributed by atoms with E-state index < -0.39 is 53.7 Å². The third-order valence-electron chi connectivity index (χ3n) is 5.81. The molecule has 4 N–H and O–H groups in total. The van der Waals surface area contributed by atoms with E-state index >= 15 is 0 Å². The van der Waals surface area contributed by atoms with E-state index in [0.717, 1.165) is 0 Å². The lowest BCUT2D eigenvalue weighted by molar-refractivity contribution is -0.126. The SMILES string of the molecule is CC(C)(C)c1cc(C(=O)N2CCNC(=O)C2(S(C)(=O)=O)S(C)(=O)=O)c(NC(=O)Nc2cccc(Cl)c2Cl)[nH]1. The standard InChI is InChI=1S/C22H27Cl2N5O7S2/c1-21(2,3)15-11-12(17(27-15)28-20(32)26-14-8-6-7-13(23)16(14)24)18(30)29-10-9-25-19(31)22(29,37(4,33)34)38(5,35)36/h6-8,11,27H,9-10H2,1-5H3,(H,25,31)(H2,26,28,32). The molecule has 4 amide bonds. The van der Waals surface area contributed by atoms with Crippen molar-refractivity contribution in [3.63, 3.8) is 0 Å². The highest BCUT2D eigenvalue weighted by Crippen LogP contribution is 2.35. The number of sulfone groups is 2. The summed E-state index contributed by atoms with van der Waals surface area (Å²) in [6, 6.07) is 5.11. The van der Waals surface area contributed by atoms with Crippen LogP contribution in [0.3, 0.4) is 0 Å². The van der Waals surface area contributed by atoms with E-state index in [1.807, 2.05) is 20.8 Å². The molecule has 1 aromatic carbocycles. The van der Waals surface area contributed by atoms with Gasteiger partial charge < -0.3 is 15.6 Å². The van der Waals surface area contributed by atoms with Crippen molar-refractivity contribution in [3.05, 3.63) is 45.6 Å². The van der Waals surface area contributed by atoms with Crippen molar-refractivity contribution in [1.82, 2.24) is 15.2 Å². The number of carbonyl (C=O) groups excluding carboxylic acids is 3. The lowest BCUT2D eigenvalue weighted by atomic mass is 9.92. The Labute approximate surface area is 230 Å². The number of nitrogens with one attached hydrogen (secondary N) is 4. The molecule has 3 rings (SSSR count). The molecule has 0 aliphatic carbocycles. The molecule has 0 atom stereocenters. The number of nitrogens with zero attached hydrogens (tertiary/aromatic N) is 1. The third-order valence-corrected chi connectivity index (χ3v) is 11.3. The summed E-state index contributed by atoms with van der Waals surface area (Å²) in [4.78, 5) is 43.0. The molecular weight excluding hydrogens is 581 g/mol. The number of aromatic nitrogens is 1. The summed E-state index contributed by atoms with van der Waals surface area (Å²) in [5.74, 6) is -2.62. The van der Waals surface area contributed by atoms with Gasteiger partial charge in [0.15, 0.2) is 19.7 Å². The maximum Gasteiger partial charge on any atom is 0.324 e. The van der Waals surface area contributed by atoms with Crippen LogP contribution in [0, 0.1) is 0 Å². The van der Waals surface area contributed by atoms with Gasteiger partial charge in [0.25, 0.3) is 11.8 Å². The first-order chi connectivity index (χ1) is 17.3. The molecular formula is C22H27Cl2N5O7S2. The molecule has 0 radical (unpaired) electrons. The topological polar surface area (TPSA) is 175 Å². The van der Waals surface area contributed by atoms with Crippen LogP contribution in [0.1, 0.15) is 36.8 Å². The Kier molecular flexibility index (Phi) is 7.87. The second-order valence-corrected chi connectivity index (χ2v) is 15.1. The van der Waals surface area contributed by atoms with E-state index in [2.05, 4.69) is 20.9 Å². The lowest BCUT2D eigenvalue weighted by Crippen LogP contribution is -2.72. The highest BCUT2D eigenvalue weighted by molar-refractivity contribution is 8.10. The highest BCUT2D eigenvalue weighted by atomic mass is 35.5. The normalized spacial score (nSPS) is 16.1. The van der Waals surface area contributed by atoms with E-state index in [9.17, 15) is 31.2 Å². The summed E-state index contributed by atoms with van der Waals surface area (Å²) in [6.45, 7) is 4.83. The number of halogens is 2. The predicted octanol–water partition coefficient (Wildman–Crippen LogP) is 2.58. The predicted molar refractivity (Wildman–Crippen MR) is 145 cm³/mol. The Morgan fingerprint density at radius 2 is 1.66 bits per heavy atom. The number of piperazine rings is 1. The van der Waals surface area contributed by atoms with Crippen molar-refractivity contribution in [2.45, 2.75) is 30.4 Å². The van der Waals surface area contributed by atoms with Crippen molar-refractivity contribution in [1.29, 1.82) is 0 Å². The molecule has 0 unspecified atom stereocenters. The molecule has 1 aromatic heterocycles. The zero-order valence-electron chi connectivity index (χ0n) is 21.1. The fourth-order valence-corrected chi connectivity index (χ4v) is 8.56. The number of hydrogen-bond acceptors (Lipinski definition) is 7. The average Bonchev–Trinajstić information content (AvgIpc) is 3.18. The maximum atomic E-state index is 13.8. The van der Waals surface area contributed by atoms with Gasteiger partial charge in [-0.15, -0.1) is 0 Å². The summed E-state index contributed by atoms with van der Waals surface area (Å²) in [5.41, 5.74) is -0.199. The number of anilines is 2. The summed E-state index contributed by atoms with van der Waals surface area (Å²) in [5, 5.41) is 7.48. The molecule has 208 valence electrons. The Balaban J connectivity index is 2.12. The number of carbonyl (C=O) groups is 3. The second-order valence-electron chi connectivity index (χ2n) is 9.74. The Morgan fingerprint density at radius 3 is 2.21 bits per heavy atom. The van der Waals surface area contributed by atoms with E-state index in [0.29, 0.717) is 23.1 Å². The van der Waals surface area contributed by atoms with Gasteiger partial charge in [-0.05, 0) is 18.2 Å². The van der Waals surface area contributed by atoms with Crippen molar-refractivity contribution < 1.29 is 31.2 Å². The number of rotatable bonds is 5. The van der Waals surface area contributed by atoms with Crippen molar-refractivity contribution in [2.24, 2.45) is 0 Å².